The summed E-state index contributed by atoms with van der Waals surface area (Å²) < 4.78 is 7.00. The zero-order valence-corrected chi connectivity index (χ0v) is 12.3. The Hall–Kier alpha value is -1.49. The van der Waals surface area contributed by atoms with Crippen LogP contribution in [0.5, 0.6) is 0 Å². The van der Waals surface area contributed by atoms with Crippen LogP contribution < -0.4 is 5.73 Å². The molecule has 19 heavy (non-hydrogen) atoms. The van der Waals surface area contributed by atoms with Gasteiger partial charge in [0.15, 0.2) is 0 Å². The molecule has 0 radical (unpaired) electrons. The van der Waals surface area contributed by atoms with Crippen LogP contribution in [0.25, 0.3) is 0 Å². The second-order valence-electron chi connectivity index (χ2n) is 4.94. The largest absolute Gasteiger partial charge is 0.397 e. The van der Waals surface area contributed by atoms with E-state index in [1.54, 1.807) is 13.2 Å². The van der Waals surface area contributed by atoms with Crippen molar-refractivity contribution in [3.63, 3.8) is 0 Å². The van der Waals surface area contributed by atoms with Crippen molar-refractivity contribution in [3.8, 4) is 0 Å². The predicted octanol–water partition coefficient (Wildman–Crippen LogP) is 1.98. The number of anilines is 1. The number of hydrogen-bond donors (Lipinski definition) is 1. The fourth-order valence-corrected chi connectivity index (χ4v) is 2.07. The fourth-order valence-electron chi connectivity index (χ4n) is 2.07. The molecule has 0 saturated carbocycles. The monoisotopic (exact) mass is 267 g/mol. The number of hydrogen-bond acceptors (Lipinski definition) is 3. The first-order valence-corrected chi connectivity index (χ1v) is 6.76. The third-order valence-corrected chi connectivity index (χ3v) is 3.02. The Balaban J connectivity index is 2.95. The number of rotatable bonds is 7. The van der Waals surface area contributed by atoms with Gasteiger partial charge in [-0.15, -0.1) is 0 Å². The number of amides is 1. The van der Waals surface area contributed by atoms with Crippen molar-refractivity contribution in [2.75, 3.05) is 26.0 Å². The van der Waals surface area contributed by atoms with Gasteiger partial charge in [-0.05, 0) is 26.3 Å². The molecule has 1 aromatic rings. The second-order valence-corrected chi connectivity index (χ2v) is 4.94. The Bertz CT molecular complexity index is 413. The van der Waals surface area contributed by atoms with E-state index in [1.165, 1.54) is 0 Å². The maximum atomic E-state index is 12.6. The van der Waals surface area contributed by atoms with E-state index in [0.29, 0.717) is 24.5 Å². The van der Waals surface area contributed by atoms with E-state index in [0.717, 1.165) is 13.0 Å². The quantitative estimate of drug-likeness (QED) is 0.821. The summed E-state index contributed by atoms with van der Waals surface area (Å²) in [5.41, 5.74) is 7.10. The van der Waals surface area contributed by atoms with Crippen LogP contribution in [0.1, 0.15) is 37.7 Å². The zero-order valence-electron chi connectivity index (χ0n) is 12.3. The smallest absolute Gasteiger partial charge is 0.270 e. The lowest BCUT2D eigenvalue weighted by molar-refractivity contribution is 0.0624. The van der Waals surface area contributed by atoms with Crippen LogP contribution >= 0.6 is 0 Å². The minimum Gasteiger partial charge on any atom is -0.397 e. The van der Waals surface area contributed by atoms with Gasteiger partial charge in [0.1, 0.15) is 5.69 Å². The third-order valence-electron chi connectivity index (χ3n) is 3.02. The Labute approximate surface area is 115 Å². The Kier molecular flexibility index (Phi) is 5.89. The van der Waals surface area contributed by atoms with Crippen LogP contribution in [0, 0.1) is 0 Å². The molecule has 0 aliphatic carbocycles. The molecule has 5 nitrogen and oxygen atoms in total. The lowest BCUT2D eigenvalue weighted by Gasteiger charge is -2.26. The molecular formula is C14H25N3O2. The van der Waals surface area contributed by atoms with Gasteiger partial charge in [0.25, 0.3) is 5.91 Å². The van der Waals surface area contributed by atoms with Crippen LogP contribution in [0.3, 0.4) is 0 Å². The van der Waals surface area contributed by atoms with Gasteiger partial charge in [0, 0.05) is 32.4 Å². The normalized spacial score (nSPS) is 11.0. The second kappa shape index (κ2) is 7.19. The topological polar surface area (TPSA) is 60.5 Å². The maximum Gasteiger partial charge on any atom is 0.270 e. The van der Waals surface area contributed by atoms with Gasteiger partial charge >= 0.3 is 0 Å². The highest BCUT2D eigenvalue weighted by Crippen LogP contribution is 2.15. The molecule has 0 aromatic carbocycles. The molecular weight excluding hydrogens is 242 g/mol. The summed E-state index contributed by atoms with van der Waals surface area (Å²) in [4.78, 5) is 14.4. The molecule has 5 heteroatoms. The summed E-state index contributed by atoms with van der Waals surface area (Å²) in [6.07, 6.45) is 2.79. The molecule has 1 heterocycles. The summed E-state index contributed by atoms with van der Waals surface area (Å²) >= 11 is 0. The molecule has 1 amide bonds. The summed E-state index contributed by atoms with van der Waals surface area (Å²) in [6, 6.07) is 1.88. The maximum absolute atomic E-state index is 12.6. The summed E-state index contributed by atoms with van der Waals surface area (Å²) in [5, 5.41) is 0. The number of ether oxygens (including phenoxy) is 1. The molecule has 108 valence electrons. The van der Waals surface area contributed by atoms with Crippen molar-refractivity contribution in [1.82, 2.24) is 9.47 Å². The predicted molar refractivity (Wildman–Crippen MR) is 77.2 cm³/mol. The van der Waals surface area contributed by atoms with E-state index < -0.39 is 0 Å². The number of nitrogen functional groups attached to an aromatic ring is 1. The van der Waals surface area contributed by atoms with Gasteiger partial charge in [-0.3, -0.25) is 4.79 Å². The molecule has 1 rings (SSSR count). The van der Waals surface area contributed by atoms with Gasteiger partial charge in [0.05, 0.1) is 12.3 Å². The van der Waals surface area contributed by atoms with E-state index in [2.05, 4.69) is 6.92 Å². The van der Waals surface area contributed by atoms with Gasteiger partial charge in [-0.25, -0.2) is 0 Å². The van der Waals surface area contributed by atoms with Crippen LogP contribution in [0.2, 0.25) is 0 Å². The van der Waals surface area contributed by atoms with E-state index >= 15 is 0 Å². The number of aryl methyl sites for hydroxylation is 1. The zero-order chi connectivity index (χ0) is 14.4. The van der Waals surface area contributed by atoms with Crippen molar-refractivity contribution in [2.45, 2.75) is 39.8 Å². The fraction of sp³-hybridized carbons (Fsp3) is 0.643. The first kappa shape index (κ1) is 15.6. The van der Waals surface area contributed by atoms with Crippen LogP contribution in [-0.4, -0.2) is 41.7 Å². The lowest BCUT2D eigenvalue weighted by Crippen LogP contribution is -2.40. The number of carbonyl (C=O) groups is 1. The van der Waals surface area contributed by atoms with Crippen molar-refractivity contribution < 1.29 is 9.53 Å². The molecule has 2 N–H and O–H groups in total. The molecule has 0 fully saturated rings. The molecule has 0 atom stereocenters. The highest BCUT2D eigenvalue weighted by atomic mass is 16.5. The van der Waals surface area contributed by atoms with E-state index in [4.69, 9.17) is 10.5 Å². The molecule has 0 spiro atoms. The van der Waals surface area contributed by atoms with Crippen LogP contribution in [0.4, 0.5) is 5.69 Å². The van der Waals surface area contributed by atoms with Crippen molar-refractivity contribution in [2.24, 2.45) is 0 Å². The number of nitrogens with two attached hydrogens (primary N) is 1. The average Bonchev–Trinajstić information content (AvgIpc) is 2.70. The third kappa shape index (κ3) is 3.99. The van der Waals surface area contributed by atoms with Gasteiger partial charge in [0.2, 0.25) is 0 Å². The summed E-state index contributed by atoms with van der Waals surface area (Å²) in [7, 11) is 1.64. The van der Waals surface area contributed by atoms with Crippen LogP contribution in [-0.2, 0) is 11.3 Å². The first-order valence-electron chi connectivity index (χ1n) is 6.76. The summed E-state index contributed by atoms with van der Waals surface area (Å²) in [5.74, 6) is 0.0113. The highest BCUT2D eigenvalue weighted by molar-refractivity contribution is 5.94. The SMILES string of the molecule is CCCn1cc(N)cc1C(=O)N(CCOC)C(C)C. The van der Waals surface area contributed by atoms with E-state index in [-0.39, 0.29) is 11.9 Å². The summed E-state index contributed by atoms with van der Waals surface area (Å²) in [6.45, 7) is 8.01. The average molecular weight is 267 g/mol. The number of aromatic nitrogens is 1. The van der Waals surface area contributed by atoms with Gasteiger partial charge in [-0.1, -0.05) is 6.92 Å². The van der Waals surface area contributed by atoms with E-state index in [9.17, 15) is 4.79 Å². The van der Waals surface area contributed by atoms with Crippen molar-refractivity contribution in [1.29, 1.82) is 0 Å². The Morgan fingerprint density at radius 2 is 2.21 bits per heavy atom. The molecule has 0 saturated heterocycles. The molecule has 0 unspecified atom stereocenters. The highest BCUT2D eigenvalue weighted by Gasteiger charge is 2.21. The van der Waals surface area contributed by atoms with Crippen molar-refractivity contribution >= 4 is 11.6 Å². The number of carbonyl (C=O) groups excluding carboxylic acids is 1. The molecule has 0 aliphatic rings. The first-order chi connectivity index (χ1) is 9.01. The van der Waals surface area contributed by atoms with Gasteiger partial charge in [-0.2, -0.15) is 0 Å². The molecule has 0 bridgehead atoms. The van der Waals surface area contributed by atoms with E-state index in [1.807, 2.05) is 29.5 Å². The number of nitrogens with zero attached hydrogens (tertiary/aromatic N) is 2. The Morgan fingerprint density at radius 3 is 2.74 bits per heavy atom. The van der Waals surface area contributed by atoms with Crippen LogP contribution in [0.15, 0.2) is 12.3 Å². The molecule has 1 aromatic heterocycles. The minimum atomic E-state index is 0.0113. The number of methoxy groups -OCH3 is 1. The lowest BCUT2D eigenvalue weighted by atomic mass is 10.2. The minimum absolute atomic E-state index is 0.0113. The van der Waals surface area contributed by atoms with Gasteiger partial charge < -0.3 is 19.9 Å². The Morgan fingerprint density at radius 1 is 1.53 bits per heavy atom. The van der Waals surface area contributed by atoms with Crippen molar-refractivity contribution in [3.05, 3.63) is 18.0 Å². The molecule has 0 aliphatic heterocycles. The standard InChI is InChI=1S/C14H25N3O2/c1-5-6-16-10-12(15)9-13(16)14(18)17(11(2)3)7-8-19-4/h9-11H,5-8,15H2,1-4H3.